The zero-order chi connectivity index (χ0) is 19.7. The first kappa shape index (κ1) is 18.6. The predicted octanol–water partition coefficient (Wildman–Crippen LogP) is 2.64. The SMILES string of the molecule is CC(=O)N1CCC(C(=O)NCc2c(-c3ccccc3)nc3sc(C)nn23)CC1. The third-order valence-electron chi connectivity index (χ3n) is 5.19. The number of carbonyl (C=O) groups is 2. The maximum absolute atomic E-state index is 12.7. The highest BCUT2D eigenvalue weighted by Gasteiger charge is 2.26. The van der Waals surface area contributed by atoms with Crippen LogP contribution in [0.3, 0.4) is 0 Å². The van der Waals surface area contributed by atoms with Crippen molar-refractivity contribution in [2.75, 3.05) is 13.1 Å². The summed E-state index contributed by atoms with van der Waals surface area (Å²) in [4.78, 5) is 31.5. The molecule has 2 aromatic heterocycles. The highest BCUT2D eigenvalue weighted by Crippen LogP contribution is 2.27. The summed E-state index contributed by atoms with van der Waals surface area (Å²) in [6, 6.07) is 9.96. The molecule has 146 valence electrons. The minimum Gasteiger partial charge on any atom is -0.350 e. The van der Waals surface area contributed by atoms with Crippen molar-refractivity contribution in [1.82, 2.24) is 24.8 Å². The normalized spacial score (nSPS) is 15.1. The molecule has 1 fully saturated rings. The summed E-state index contributed by atoms with van der Waals surface area (Å²) in [6.07, 6.45) is 1.41. The molecule has 3 aromatic rings. The average molecular weight is 398 g/mol. The molecule has 0 atom stereocenters. The molecule has 8 heteroatoms. The third kappa shape index (κ3) is 3.64. The topological polar surface area (TPSA) is 79.6 Å². The van der Waals surface area contributed by atoms with Crippen molar-refractivity contribution in [1.29, 1.82) is 0 Å². The Kier molecular flexibility index (Phi) is 5.13. The molecule has 1 aromatic carbocycles. The molecule has 2 amide bonds. The van der Waals surface area contributed by atoms with Crippen LogP contribution in [0, 0.1) is 12.8 Å². The Bertz CT molecular complexity index is 1000. The van der Waals surface area contributed by atoms with E-state index in [2.05, 4.69) is 10.4 Å². The van der Waals surface area contributed by atoms with Crippen LogP contribution in [0.2, 0.25) is 0 Å². The number of nitrogens with zero attached hydrogens (tertiary/aromatic N) is 4. The number of rotatable bonds is 4. The summed E-state index contributed by atoms with van der Waals surface area (Å²) < 4.78 is 1.83. The first-order valence-corrected chi connectivity index (χ1v) is 10.3. The van der Waals surface area contributed by atoms with Crippen LogP contribution < -0.4 is 5.32 Å². The number of carbonyl (C=O) groups excluding carboxylic acids is 2. The lowest BCUT2D eigenvalue weighted by Gasteiger charge is -2.30. The number of likely N-dealkylation sites (tertiary alicyclic amines) is 1. The first-order chi connectivity index (χ1) is 13.5. The number of imidazole rings is 1. The van der Waals surface area contributed by atoms with Gasteiger partial charge in [0.15, 0.2) is 0 Å². The van der Waals surface area contributed by atoms with Gasteiger partial charge in [0.05, 0.1) is 17.9 Å². The number of piperidine rings is 1. The lowest BCUT2D eigenvalue weighted by Crippen LogP contribution is -2.42. The molecular weight excluding hydrogens is 374 g/mol. The van der Waals surface area contributed by atoms with E-state index >= 15 is 0 Å². The minimum absolute atomic E-state index is 0.0316. The van der Waals surface area contributed by atoms with Gasteiger partial charge in [-0.25, -0.2) is 9.50 Å². The summed E-state index contributed by atoms with van der Waals surface area (Å²) >= 11 is 1.54. The maximum Gasteiger partial charge on any atom is 0.223 e. The molecule has 1 saturated heterocycles. The van der Waals surface area contributed by atoms with Gasteiger partial charge in [-0.05, 0) is 19.8 Å². The van der Waals surface area contributed by atoms with E-state index in [1.165, 1.54) is 11.3 Å². The van der Waals surface area contributed by atoms with Crippen LogP contribution in [0.4, 0.5) is 0 Å². The van der Waals surface area contributed by atoms with Gasteiger partial charge in [-0.3, -0.25) is 9.59 Å². The van der Waals surface area contributed by atoms with Gasteiger partial charge in [0.2, 0.25) is 16.8 Å². The van der Waals surface area contributed by atoms with Gasteiger partial charge in [-0.15, -0.1) is 0 Å². The molecule has 4 rings (SSSR count). The molecule has 1 N–H and O–H groups in total. The largest absolute Gasteiger partial charge is 0.350 e. The fourth-order valence-electron chi connectivity index (χ4n) is 3.64. The van der Waals surface area contributed by atoms with E-state index in [9.17, 15) is 9.59 Å². The van der Waals surface area contributed by atoms with Crippen molar-refractivity contribution in [3.63, 3.8) is 0 Å². The second-order valence-electron chi connectivity index (χ2n) is 7.09. The zero-order valence-corrected chi connectivity index (χ0v) is 16.8. The summed E-state index contributed by atoms with van der Waals surface area (Å²) in [7, 11) is 0. The minimum atomic E-state index is -0.0589. The summed E-state index contributed by atoms with van der Waals surface area (Å²) in [5.74, 6) is 0.0485. The van der Waals surface area contributed by atoms with E-state index in [1.807, 2.05) is 41.8 Å². The van der Waals surface area contributed by atoms with Gasteiger partial charge in [0.1, 0.15) is 5.01 Å². The number of amides is 2. The first-order valence-electron chi connectivity index (χ1n) is 9.46. The van der Waals surface area contributed by atoms with Gasteiger partial charge in [-0.2, -0.15) is 5.10 Å². The maximum atomic E-state index is 12.7. The van der Waals surface area contributed by atoms with E-state index in [1.54, 1.807) is 11.8 Å². The molecule has 0 bridgehead atoms. The number of aromatic nitrogens is 3. The lowest BCUT2D eigenvalue weighted by molar-refractivity contribution is -0.134. The third-order valence-corrected chi connectivity index (χ3v) is 6.01. The van der Waals surface area contributed by atoms with Crippen molar-refractivity contribution in [3.05, 3.63) is 41.0 Å². The predicted molar refractivity (Wildman–Crippen MR) is 108 cm³/mol. The molecule has 7 nitrogen and oxygen atoms in total. The van der Waals surface area contributed by atoms with Crippen LogP contribution in [-0.2, 0) is 16.1 Å². The fraction of sp³-hybridized carbons (Fsp3) is 0.400. The van der Waals surface area contributed by atoms with Crippen molar-refractivity contribution in [3.8, 4) is 11.3 Å². The summed E-state index contributed by atoms with van der Waals surface area (Å²) in [6.45, 7) is 5.19. The van der Waals surface area contributed by atoms with Crippen LogP contribution >= 0.6 is 11.3 Å². The Morgan fingerprint density at radius 1 is 1.21 bits per heavy atom. The zero-order valence-electron chi connectivity index (χ0n) is 16.0. The van der Waals surface area contributed by atoms with Gasteiger partial charge in [0.25, 0.3) is 0 Å². The van der Waals surface area contributed by atoms with Crippen LogP contribution in [0.5, 0.6) is 0 Å². The van der Waals surface area contributed by atoms with Gasteiger partial charge < -0.3 is 10.2 Å². The Hall–Kier alpha value is -2.74. The molecule has 1 aliphatic rings. The molecule has 0 radical (unpaired) electrons. The van der Waals surface area contributed by atoms with Crippen molar-refractivity contribution >= 4 is 28.1 Å². The van der Waals surface area contributed by atoms with Crippen molar-refractivity contribution < 1.29 is 9.59 Å². The Labute approximate surface area is 167 Å². The van der Waals surface area contributed by atoms with Gasteiger partial charge >= 0.3 is 0 Å². The van der Waals surface area contributed by atoms with E-state index in [0.717, 1.165) is 26.9 Å². The summed E-state index contributed by atoms with van der Waals surface area (Å²) in [5, 5.41) is 8.56. The molecule has 3 heterocycles. The second kappa shape index (κ2) is 7.71. The molecule has 0 saturated carbocycles. The van der Waals surface area contributed by atoms with E-state index < -0.39 is 0 Å². The Morgan fingerprint density at radius 3 is 2.61 bits per heavy atom. The number of fused-ring (bicyclic) bond motifs is 1. The highest BCUT2D eigenvalue weighted by molar-refractivity contribution is 7.16. The monoisotopic (exact) mass is 397 g/mol. The lowest BCUT2D eigenvalue weighted by atomic mass is 9.96. The molecule has 0 unspecified atom stereocenters. The molecule has 1 aliphatic heterocycles. The standard InChI is InChI=1S/C20H23N5O2S/c1-13-23-25-17(18(22-20(25)28-13)15-6-4-3-5-7-15)12-21-19(27)16-8-10-24(11-9-16)14(2)26/h3-7,16H,8-12H2,1-2H3,(H,21,27). The smallest absolute Gasteiger partial charge is 0.223 e. The van der Waals surface area contributed by atoms with E-state index in [-0.39, 0.29) is 17.7 Å². The van der Waals surface area contributed by atoms with Crippen LogP contribution in [-0.4, -0.2) is 44.4 Å². The average Bonchev–Trinajstić information content (AvgIpc) is 3.23. The van der Waals surface area contributed by atoms with Gasteiger partial charge in [0, 0.05) is 31.5 Å². The number of hydrogen-bond donors (Lipinski definition) is 1. The number of benzene rings is 1. The van der Waals surface area contributed by atoms with Crippen LogP contribution in [0.1, 0.15) is 30.5 Å². The Balaban J connectivity index is 1.51. The van der Waals surface area contributed by atoms with Crippen molar-refractivity contribution in [2.24, 2.45) is 5.92 Å². The van der Waals surface area contributed by atoms with Crippen LogP contribution in [0.25, 0.3) is 16.2 Å². The molecule has 28 heavy (non-hydrogen) atoms. The van der Waals surface area contributed by atoms with Crippen molar-refractivity contribution in [2.45, 2.75) is 33.2 Å². The number of hydrogen-bond acceptors (Lipinski definition) is 5. The molecular formula is C20H23N5O2S. The van der Waals surface area contributed by atoms with E-state index in [4.69, 9.17) is 4.98 Å². The second-order valence-corrected chi connectivity index (χ2v) is 8.25. The Morgan fingerprint density at radius 2 is 1.93 bits per heavy atom. The molecule has 0 aliphatic carbocycles. The number of nitrogens with one attached hydrogen (secondary N) is 1. The summed E-state index contributed by atoms with van der Waals surface area (Å²) in [5.41, 5.74) is 2.75. The fourth-order valence-corrected chi connectivity index (χ4v) is 4.40. The number of aryl methyl sites for hydroxylation is 1. The molecule has 0 spiro atoms. The van der Waals surface area contributed by atoms with E-state index in [0.29, 0.717) is 32.5 Å². The van der Waals surface area contributed by atoms with Gasteiger partial charge in [-0.1, -0.05) is 41.7 Å². The highest BCUT2D eigenvalue weighted by atomic mass is 32.1. The quantitative estimate of drug-likeness (QED) is 0.734. The van der Waals surface area contributed by atoms with Crippen LogP contribution in [0.15, 0.2) is 30.3 Å².